The van der Waals surface area contributed by atoms with Crippen LogP contribution in [0.4, 0.5) is 0 Å². The maximum absolute atomic E-state index is 12.0. The summed E-state index contributed by atoms with van der Waals surface area (Å²) in [6, 6.07) is 3.75. The summed E-state index contributed by atoms with van der Waals surface area (Å²) in [6.07, 6.45) is 1.35. The molecule has 0 N–H and O–H groups in total. The lowest BCUT2D eigenvalue weighted by atomic mass is 10.3. The second kappa shape index (κ2) is 7.69. The van der Waals surface area contributed by atoms with Crippen LogP contribution in [0, 0.1) is 0 Å². The first-order chi connectivity index (χ1) is 12.1. The largest absolute Gasteiger partial charge is 0.466 e. The molecule has 7 nitrogen and oxygen atoms in total. The molecule has 0 atom stereocenters. The fourth-order valence-corrected chi connectivity index (χ4v) is 3.66. The highest BCUT2D eigenvalue weighted by Crippen LogP contribution is 2.37. The average Bonchev–Trinajstić information content (AvgIpc) is 3.14. The van der Waals surface area contributed by atoms with Crippen molar-refractivity contribution in [1.82, 2.24) is 4.57 Å². The van der Waals surface area contributed by atoms with Gasteiger partial charge in [-0.25, -0.2) is 0 Å². The van der Waals surface area contributed by atoms with E-state index in [0.29, 0.717) is 35.9 Å². The van der Waals surface area contributed by atoms with Gasteiger partial charge in [0.1, 0.15) is 0 Å². The van der Waals surface area contributed by atoms with Crippen molar-refractivity contribution >= 4 is 33.4 Å². The van der Waals surface area contributed by atoms with E-state index in [-0.39, 0.29) is 25.1 Å². The minimum Gasteiger partial charge on any atom is -0.466 e. The normalized spacial score (nSPS) is 13.4. The van der Waals surface area contributed by atoms with Crippen LogP contribution in [0.25, 0.3) is 10.2 Å². The number of esters is 1. The zero-order valence-electron chi connectivity index (χ0n) is 14.2. The molecule has 0 saturated heterocycles. The first kappa shape index (κ1) is 17.5. The van der Waals surface area contributed by atoms with Gasteiger partial charge in [0.15, 0.2) is 16.3 Å². The van der Waals surface area contributed by atoms with Gasteiger partial charge >= 0.3 is 5.97 Å². The molecule has 0 fully saturated rings. The monoisotopic (exact) mass is 364 g/mol. The number of amides is 1. The van der Waals surface area contributed by atoms with E-state index in [1.165, 1.54) is 11.3 Å². The van der Waals surface area contributed by atoms with Gasteiger partial charge in [-0.2, -0.15) is 4.99 Å². The number of hydrogen-bond donors (Lipinski definition) is 0. The molecule has 2 heterocycles. The van der Waals surface area contributed by atoms with Gasteiger partial charge in [-0.3, -0.25) is 9.59 Å². The van der Waals surface area contributed by atoms with Crippen LogP contribution in [0.1, 0.15) is 33.1 Å². The number of nitrogens with zero attached hydrogens (tertiary/aromatic N) is 2. The molecule has 2 aromatic rings. The van der Waals surface area contributed by atoms with E-state index in [1.54, 1.807) is 6.92 Å². The summed E-state index contributed by atoms with van der Waals surface area (Å²) in [7, 11) is 0. The molecule has 1 aliphatic heterocycles. The van der Waals surface area contributed by atoms with Crippen molar-refractivity contribution < 1.29 is 23.8 Å². The highest BCUT2D eigenvalue weighted by Gasteiger charge is 2.18. The van der Waals surface area contributed by atoms with Crippen LogP contribution in [0.2, 0.25) is 0 Å². The van der Waals surface area contributed by atoms with Crippen molar-refractivity contribution in [3.05, 3.63) is 16.9 Å². The molecule has 1 amide bonds. The number of aromatic nitrogens is 1. The summed E-state index contributed by atoms with van der Waals surface area (Å²) in [5.41, 5.74) is 0.863. The van der Waals surface area contributed by atoms with Gasteiger partial charge in [-0.15, -0.1) is 0 Å². The predicted octanol–water partition coefficient (Wildman–Crippen LogP) is 2.61. The Hall–Kier alpha value is -2.35. The van der Waals surface area contributed by atoms with E-state index in [2.05, 4.69) is 4.99 Å². The Kier molecular flexibility index (Phi) is 5.37. The second-order valence-corrected chi connectivity index (χ2v) is 6.53. The highest BCUT2D eigenvalue weighted by molar-refractivity contribution is 7.16. The molecule has 0 aliphatic carbocycles. The Morgan fingerprint density at radius 1 is 1.24 bits per heavy atom. The van der Waals surface area contributed by atoms with Crippen LogP contribution in [0.5, 0.6) is 11.5 Å². The number of fused-ring (bicyclic) bond motifs is 2. The lowest BCUT2D eigenvalue weighted by molar-refractivity contribution is -0.143. The van der Waals surface area contributed by atoms with Crippen LogP contribution < -0.4 is 14.3 Å². The number of ether oxygens (including phenoxy) is 3. The molecular weight excluding hydrogens is 344 g/mol. The SMILES string of the molecule is CCCC(=O)N=c1sc2cc3c(cc2n1CCC(=O)OCC)OCO3. The van der Waals surface area contributed by atoms with Gasteiger partial charge in [0, 0.05) is 25.1 Å². The smallest absolute Gasteiger partial charge is 0.307 e. The highest BCUT2D eigenvalue weighted by atomic mass is 32.1. The molecule has 0 bridgehead atoms. The van der Waals surface area contributed by atoms with E-state index in [1.807, 2.05) is 23.6 Å². The fraction of sp³-hybridized carbons (Fsp3) is 0.471. The molecule has 0 saturated carbocycles. The Bertz CT molecular complexity index is 868. The Morgan fingerprint density at radius 3 is 2.72 bits per heavy atom. The standard InChI is InChI=1S/C17H20N2O5S/c1-3-5-15(20)18-17-19(7-6-16(21)22-4-2)11-8-12-13(24-10-23-12)9-14(11)25-17/h8-9H,3-7,10H2,1-2H3. The first-order valence-electron chi connectivity index (χ1n) is 8.28. The van der Waals surface area contributed by atoms with E-state index in [4.69, 9.17) is 14.2 Å². The number of carbonyl (C=O) groups excluding carboxylic acids is 2. The topological polar surface area (TPSA) is 79.1 Å². The van der Waals surface area contributed by atoms with Gasteiger partial charge in [-0.05, 0) is 13.3 Å². The fourth-order valence-electron chi connectivity index (χ4n) is 2.57. The van der Waals surface area contributed by atoms with Crippen LogP contribution in [0.3, 0.4) is 0 Å². The van der Waals surface area contributed by atoms with Crippen LogP contribution in [-0.4, -0.2) is 29.8 Å². The molecular formula is C17H20N2O5S. The van der Waals surface area contributed by atoms with Crippen molar-refractivity contribution in [2.75, 3.05) is 13.4 Å². The summed E-state index contributed by atoms with van der Waals surface area (Å²) >= 11 is 1.40. The van der Waals surface area contributed by atoms with E-state index < -0.39 is 0 Å². The first-order valence-corrected chi connectivity index (χ1v) is 9.10. The lowest BCUT2D eigenvalue weighted by Gasteiger charge is -2.06. The molecule has 8 heteroatoms. The predicted molar refractivity (Wildman–Crippen MR) is 92.7 cm³/mol. The average molecular weight is 364 g/mol. The molecule has 1 aromatic heterocycles. The zero-order chi connectivity index (χ0) is 17.8. The minimum atomic E-state index is -0.277. The van der Waals surface area contributed by atoms with Gasteiger partial charge < -0.3 is 18.8 Å². The number of hydrogen-bond acceptors (Lipinski definition) is 6. The number of rotatable bonds is 6. The quantitative estimate of drug-likeness (QED) is 0.736. The second-order valence-electron chi connectivity index (χ2n) is 5.52. The summed E-state index contributed by atoms with van der Waals surface area (Å²) in [5.74, 6) is 0.888. The Labute approximate surface area is 148 Å². The molecule has 0 radical (unpaired) electrons. The number of aryl methyl sites for hydroxylation is 1. The molecule has 0 unspecified atom stereocenters. The molecule has 0 spiro atoms. The molecule has 1 aromatic carbocycles. The maximum atomic E-state index is 12.0. The van der Waals surface area contributed by atoms with E-state index in [9.17, 15) is 9.59 Å². The number of benzene rings is 1. The summed E-state index contributed by atoms with van der Waals surface area (Å²) in [6.45, 7) is 4.64. The van der Waals surface area contributed by atoms with Crippen molar-refractivity contribution in [3.63, 3.8) is 0 Å². The van der Waals surface area contributed by atoms with Crippen molar-refractivity contribution in [2.24, 2.45) is 4.99 Å². The molecule has 1 aliphatic rings. The van der Waals surface area contributed by atoms with Crippen molar-refractivity contribution in [3.8, 4) is 11.5 Å². The number of carbonyl (C=O) groups is 2. The molecule has 134 valence electrons. The van der Waals surface area contributed by atoms with Gasteiger partial charge in [0.25, 0.3) is 0 Å². The third kappa shape index (κ3) is 3.84. The van der Waals surface area contributed by atoms with Crippen molar-refractivity contribution in [2.45, 2.75) is 39.7 Å². The molecule has 25 heavy (non-hydrogen) atoms. The summed E-state index contributed by atoms with van der Waals surface area (Å²) in [5, 5.41) is 0. The summed E-state index contributed by atoms with van der Waals surface area (Å²) < 4.78 is 18.6. The number of thiazole rings is 1. The van der Waals surface area contributed by atoms with Gasteiger partial charge in [-0.1, -0.05) is 18.3 Å². The van der Waals surface area contributed by atoms with Crippen molar-refractivity contribution in [1.29, 1.82) is 0 Å². The van der Waals surface area contributed by atoms with Crippen LogP contribution in [0.15, 0.2) is 17.1 Å². The summed E-state index contributed by atoms with van der Waals surface area (Å²) in [4.78, 5) is 28.5. The van der Waals surface area contributed by atoms with E-state index >= 15 is 0 Å². The third-order valence-electron chi connectivity index (χ3n) is 3.71. The van der Waals surface area contributed by atoms with Crippen LogP contribution in [-0.2, 0) is 20.9 Å². The Morgan fingerprint density at radius 2 is 2.00 bits per heavy atom. The van der Waals surface area contributed by atoms with Gasteiger partial charge in [0.2, 0.25) is 12.7 Å². The minimum absolute atomic E-state index is 0.168. The van der Waals surface area contributed by atoms with E-state index in [0.717, 1.165) is 16.6 Å². The third-order valence-corrected chi connectivity index (χ3v) is 4.75. The lowest BCUT2D eigenvalue weighted by Crippen LogP contribution is -2.19. The molecule has 3 rings (SSSR count). The zero-order valence-corrected chi connectivity index (χ0v) is 15.1. The van der Waals surface area contributed by atoms with Gasteiger partial charge in [0.05, 0.1) is 23.2 Å². The maximum Gasteiger partial charge on any atom is 0.307 e. The Balaban J connectivity index is 2.02. The van der Waals surface area contributed by atoms with Crippen LogP contribution >= 0.6 is 11.3 Å².